The van der Waals surface area contributed by atoms with Gasteiger partial charge in [-0.05, 0) is 49.9 Å². The van der Waals surface area contributed by atoms with E-state index in [1.807, 2.05) is 0 Å². The van der Waals surface area contributed by atoms with Gasteiger partial charge in [0, 0.05) is 0 Å². The number of rotatable bonds is 2. The summed E-state index contributed by atoms with van der Waals surface area (Å²) in [5.41, 5.74) is 17.6. The molecule has 0 bridgehead atoms. The molecule has 0 aliphatic carbocycles. The third-order valence-electron chi connectivity index (χ3n) is 2.58. The highest BCUT2D eigenvalue weighted by atomic mass is 16.1. The summed E-state index contributed by atoms with van der Waals surface area (Å²) in [5.74, 6) is 8.99. The van der Waals surface area contributed by atoms with E-state index in [9.17, 15) is 0 Å². The highest BCUT2D eigenvalue weighted by Gasteiger charge is 1.97. The molecule has 0 unspecified atom stereocenters. The predicted octanol–water partition coefficient (Wildman–Crippen LogP) is 2.56. The molecule has 8 N–H and O–H groups in total. The first kappa shape index (κ1) is 30.1. The maximum atomic E-state index is 8.35. The zero-order chi connectivity index (χ0) is 21.4. The molecule has 12 nitrogen and oxygen atoms in total. The van der Waals surface area contributed by atoms with E-state index in [4.69, 9.17) is 31.5 Å². The Morgan fingerprint density at radius 2 is 1.04 bits per heavy atom. The van der Waals surface area contributed by atoms with Crippen LogP contribution in [-0.4, -0.2) is 24.8 Å². The van der Waals surface area contributed by atoms with E-state index >= 15 is 0 Å². The molecule has 0 fully saturated rings. The molecule has 12 heteroatoms. The Kier molecular flexibility index (Phi) is 30.1. The van der Waals surface area contributed by atoms with Crippen molar-refractivity contribution in [1.82, 2.24) is 0 Å². The topological polar surface area (TPSA) is 231 Å². The van der Waals surface area contributed by atoms with Crippen molar-refractivity contribution in [2.24, 2.45) is 32.1 Å². The van der Waals surface area contributed by atoms with Crippen molar-refractivity contribution >= 4 is 24.8 Å². The fraction of sp³-hybridized carbons (Fsp3) is 0.286. The van der Waals surface area contributed by atoms with Gasteiger partial charge in [0.1, 0.15) is 0 Å². The predicted molar refractivity (Wildman–Crippen MR) is 97.9 cm³/mol. The third kappa shape index (κ3) is 25.1. The highest BCUT2D eigenvalue weighted by molar-refractivity contribution is 5.53. The summed E-state index contributed by atoms with van der Waals surface area (Å²) in [6.07, 6.45) is 3.39. The molecule has 1 aromatic carbocycles. The Balaban J connectivity index is -0.000000130. The highest BCUT2D eigenvalue weighted by Crippen LogP contribution is 2.15. The van der Waals surface area contributed by atoms with Crippen molar-refractivity contribution in [2.45, 2.75) is 27.7 Å². The lowest BCUT2D eigenvalue weighted by atomic mass is 10.0. The van der Waals surface area contributed by atoms with Gasteiger partial charge in [0.05, 0.1) is 0 Å². The average molecular weight is 364 g/mol. The fourth-order valence-electron chi connectivity index (χ4n) is 1.16. The Bertz CT molecular complexity index is 574. The number of carbonyl (C=O) groups excluding carboxylic acids is 2. The van der Waals surface area contributed by atoms with Crippen LogP contribution in [0.2, 0.25) is 0 Å². The van der Waals surface area contributed by atoms with Gasteiger partial charge in [0.2, 0.25) is 12.2 Å². The van der Waals surface area contributed by atoms with Gasteiger partial charge in [-0.3, -0.25) is 0 Å². The minimum Gasteiger partial charge on any atom is -0.322 e. The molecule has 0 radical (unpaired) electrons. The van der Waals surface area contributed by atoms with Gasteiger partial charge in [0.15, 0.2) is 12.7 Å². The van der Waals surface area contributed by atoms with Crippen LogP contribution in [0.4, 0.5) is 0 Å². The molecule has 142 valence electrons. The number of hydrogen-bond donors (Lipinski definition) is 6. The summed E-state index contributed by atoms with van der Waals surface area (Å²) in [6, 6.07) is 4.36. The second-order valence-corrected chi connectivity index (χ2v) is 3.94. The molecule has 0 saturated heterocycles. The molecule has 0 amide bonds. The van der Waals surface area contributed by atoms with Crippen molar-refractivity contribution in [3.05, 3.63) is 34.4 Å². The number of aryl methyl sites for hydroxylation is 2. The van der Waals surface area contributed by atoms with E-state index in [1.165, 1.54) is 22.3 Å². The lowest BCUT2D eigenvalue weighted by molar-refractivity contribution is 0.562. The third-order valence-corrected chi connectivity index (χ3v) is 2.58. The minimum atomic E-state index is 0.750. The van der Waals surface area contributed by atoms with Crippen LogP contribution < -0.4 is 11.7 Å². The van der Waals surface area contributed by atoms with Gasteiger partial charge in [0.25, 0.3) is 0 Å². The van der Waals surface area contributed by atoms with E-state index in [0.29, 0.717) is 0 Å². The number of nitrogens with one attached hydrogen (secondary N) is 4. The van der Waals surface area contributed by atoms with E-state index in [-0.39, 0.29) is 0 Å². The van der Waals surface area contributed by atoms with Crippen molar-refractivity contribution in [1.29, 1.82) is 21.9 Å². The quantitative estimate of drug-likeness (QED) is 0.116. The molecule has 1 rings (SSSR count). The van der Waals surface area contributed by atoms with Crippen LogP contribution in [0.3, 0.4) is 0 Å². The first-order valence-electron chi connectivity index (χ1n) is 6.57. The van der Waals surface area contributed by atoms with Crippen molar-refractivity contribution in [3.63, 3.8) is 0 Å². The monoisotopic (exact) mass is 364 g/mol. The molecule has 0 heterocycles. The Labute approximate surface area is 151 Å². The summed E-state index contributed by atoms with van der Waals surface area (Å²) >= 11 is 0. The lowest BCUT2D eigenvalue weighted by Crippen LogP contribution is -1.88. The summed E-state index contributed by atoms with van der Waals surface area (Å²) < 4.78 is 0. The molecule has 0 aromatic heterocycles. The molecule has 0 atom stereocenters. The molecule has 0 aliphatic rings. The van der Waals surface area contributed by atoms with Gasteiger partial charge >= 0.3 is 0 Å². The van der Waals surface area contributed by atoms with Gasteiger partial charge in [-0.1, -0.05) is 12.1 Å². The first-order valence-corrected chi connectivity index (χ1v) is 6.57. The minimum absolute atomic E-state index is 0.750. The summed E-state index contributed by atoms with van der Waals surface area (Å²) in [4.78, 5) is 16.7. The van der Waals surface area contributed by atoms with Crippen molar-refractivity contribution < 1.29 is 9.59 Å². The van der Waals surface area contributed by atoms with Crippen molar-refractivity contribution in [2.75, 3.05) is 0 Å². The van der Waals surface area contributed by atoms with Gasteiger partial charge < -0.3 is 11.7 Å². The van der Waals surface area contributed by atoms with E-state index in [0.717, 1.165) is 24.8 Å². The van der Waals surface area contributed by atoms with Crippen LogP contribution in [0.25, 0.3) is 0 Å². The van der Waals surface area contributed by atoms with Crippen LogP contribution in [0.5, 0.6) is 0 Å². The van der Waals surface area contributed by atoms with Crippen LogP contribution in [-0.2, 0) is 9.59 Å². The SMILES string of the molecule is Cc1ccc(C)c(C)c1C.N=C=O.N=C=O.N=NC=NN.N=NC=NN. The van der Waals surface area contributed by atoms with Gasteiger partial charge in [-0.2, -0.15) is 10.2 Å². The fourth-order valence-corrected chi connectivity index (χ4v) is 1.16. The van der Waals surface area contributed by atoms with Crippen LogP contribution >= 0.6 is 0 Å². The van der Waals surface area contributed by atoms with Crippen LogP contribution in [0.15, 0.2) is 32.6 Å². The maximum absolute atomic E-state index is 8.35. The Hall–Kier alpha value is -3.88. The maximum Gasteiger partial charge on any atom is 0.231 e. The van der Waals surface area contributed by atoms with Crippen molar-refractivity contribution in [3.8, 4) is 0 Å². The number of nitrogens with zero attached hydrogens (tertiary/aromatic N) is 4. The van der Waals surface area contributed by atoms with Crippen LogP contribution in [0, 0.1) is 49.6 Å². The van der Waals surface area contributed by atoms with E-state index in [1.54, 1.807) is 0 Å². The molecule has 0 saturated carbocycles. The molecular weight excluding hydrogens is 340 g/mol. The number of isocyanates is 2. The Morgan fingerprint density at radius 3 is 1.15 bits per heavy atom. The summed E-state index contributed by atoms with van der Waals surface area (Å²) in [7, 11) is 0. The number of benzene rings is 1. The molecule has 0 aliphatic heterocycles. The smallest absolute Gasteiger partial charge is 0.231 e. The second-order valence-electron chi connectivity index (χ2n) is 3.94. The van der Waals surface area contributed by atoms with E-state index in [2.05, 4.69) is 71.9 Å². The molecular formula is C14H24N10O2. The standard InChI is InChI=1S/C10H14.2CH4N4.2CHNO/c1-7-5-6-8(2)10(4)9(7)3;2*2-4-1-5-3;2*2-1-3/h5-6H,1-4H3;2*1-2H,3H2;2*2H. The second kappa shape index (κ2) is 26.0. The molecule has 26 heavy (non-hydrogen) atoms. The van der Waals surface area contributed by atoms with E-state index < -0.39 is 0 Å². The average Bonchev–Trinajstić information content (AvgIpc) is 2.60. The number of hydrogen-bond acceptors (Lipinski definition) is 10. The lowest BCUT2D eigenvalue weighted by Gasteiger charge is -2.06. The molecule has 1 aromatic rings. The van der Waals surface area contributed by atoms with Crippen LogP contribution in [0.1, 0.15) is 22.3 Å². The summed E-state index contributed by atoms with van der Waals surface area (Å²) in [6.45, 7) is 8.67. The summed E-state index contributed by atoms with van der Waals surface area (Å²) in [5, 5.41) is 21.9. The zero-order valence-electron chi connectivity index (χ0n) is 15.1. The Morgan fingerprint density at radius 1 is 0.808 bits per heavy atom. The van der Waals surface area contributed by atoms with Gasteiger partial charge in [-0.15, -0.1) is 10.2 Å². The molecule has 0 spiro atoms. The number of nitrogens with two attached hydrogens (primary N) is 2. The number of hydrazone groups is 2. The normalized spacial score (nSPS) is 7.85. The largest absolute Gasteiger partial charge is 0.322 e. The first-order chi connectivity index (χ1) is 12.3. The van der Waals surface area contributed by atoms with Gasteiger partial charge in [-0.25, -0.2) is 31.5 Å². The zero-order valence-corrected chi connectivity index (χ0v) is 15.1.